The Morgan fingerprint density at radius 3 is 2.65 bits per heavy atom. The van der Waals surface area contributed by atoms with Crippen molar-refractivity contribution in [3.05, 3.63) is 70.4 Å². The van der Waals surface area contributed by atoms with Crippen LogP contribution in [0.25, 0.3) is 17.2 Å². The van der Waals surface area contributed by atoms with Crippen molar-refractivity contribution in [3.8, 4) is 22.6 Å². The van der Waals surface area contributed by atoms with Crippen molar-refractivity contribution in [1.29, 1.82) is 0 Å². The number of carbonyl (C=O) groups is 2. The van der Waals surface area contributed by atoms with E-state index in [0.29, 0.717) is 44.2 Å². The van der Waals surface area contributed by atoms with Crippen LogP contribution in [-0.2, 0) is 11.3 Å². The van der Waals surface area contributed by atoms with Gasteiger partial charge >= 0.3 is 6.03 Å². The van der Waals surface area contributed by atoms with E-state index in [0.717, 1.165) is 11.0 Å². The highest BCUT2D eigenvalue weighted by atomic mass is 35.5. The summed E-state index contributed by atoms with van der Waals surface area (Å²) in [5.41, 5.74) is 2.91. The van der Waals surface area contributed by atoms with Crippen LogP contribution in [0.4, 0.5) is 19.4 Å². The number of halogens is 3. The number of nitrogens with one attached hydrogen (secondary N) is 1. The van der Waals surface area contributed by atoms with E-state index in [-0.39, 0.29) is 29.8 Å². The molecule has 0 aliphatic carbocycles. The van der Waals surface area contributed by atoms with Crippen molar-refractivity contribution >= 4 is 35.3 Å². The van der Waals surface area contributed by atoms with Gasteiger partial charge in [0.2, 0.25) is 0 Å². The number of benzene rings is 2. The van der Waals surface area contributed by atoms with E-state index in [1.807, 2.05) is 0 Å². The lowest BCUT2D eigenvalue weighted by Crippen LogP contribution is -2.32. The summed E-state index contributed by atoms with van der Waals surface area (Å²) in [6.45, 7) is 1.97. The third-order valence-electron chi connectivity index (χ3n) is 5.83. The van der Waals surface area contributed by atoms with Crippen LogP contribution in [-0.4, -0.2) is 35.2 Å². The lowest BCUT2D eigenvalue weighted by atomic mass is 9.98. The molecule has 0 bridgehead atoms. The molecule has 34 heavy (non-hydrogen) atoms. The smallest absolute Gasteiger partial charge is 0.331 e. The summed E-state index contributed by atoms with van der Waals surface area (Å²) in [7, 11) is 1.54. The summed E-state index contributed by atoms with van der Waals surface area (Å²) in [6.07, 6.45) is 4.75. The van der Waals surface area contributed by atoms with E-state index in [9.17, 15) is 18.5 Å². The van der Waals surface area contributed by atoms with Crippen LogP contribution in [0.1, 0.15) is 16.8 Å². The fourth-order valence-corrected chi connectivity index (χ4v) is 4.25. The van der Waals surface area contributed by atoms with Crippen LogP contribution < -0.4 is 15.0 Å². The molecule has 2 aliphatic heterocycles. The van der Waals surface area contributed by atoms with Crippen LogP contribution in [0.15, 0.2) is 42.7 Å². The third-order valence-corrected chi connectivity index (χ3v) is 6.13. The van der Waals surface area contributed by atoms with Gasteiger partial charge < -0.3 is 15.0 Å². The summed E-state index contributed by atoms with van der Waals surface area (Å²) in [6, 6.07) is 6.85. The molecule has 7 nitrogen and oxygen atoms in total. The minimum Gasteiger partial charge on any atom is -0.457 e. The van der Waals surface area contributed by atoms with Gasteiger partial charge in [0.05, 0.1) is 22.9 Å². The Hall–Kier alpha value is -3.85. The fraction of sp³-hybridized carbons (Fsp3) is 0.167. The molecule has 3 aromatic rings. The number of urea groups is 1. The van der Waals surface area contributed by atoms with Gasteiger partial charge in [0.1, 0.15) is 23.9 Å². The Kier molecular flexibility index (Phi) is 5.28. The second-order valence-corrected chi connectivity index (χ2v) is 8.52. The maximum absolute atomic E-state index is 14.7. The van der Waals surface area contributed by atoms with Crippen LogP contribution in [0.3, 0.4) is 0 Å². The molecular weight excluding hydrogens is 466 g/mol. The molecule has 0 radical (unpaired) electrons. The van der Waals surface area contributed by atoms with Crippen molar-refractivity contribution in [2.45, 2.75) is 13.5 Å². The van der Waals surface area contributed by atoms with E-state index in [2.05, 4.69) is 5.32 Å². The highest BCUT2D eigenvalue weighted by molar-refractivity contribution is 6.30. The van der Waals surface area contributed by atoms with Gasteiger partial charge in [0.15, 0.2) is 0 Å². The molecule has 2 aromatic carbocycles. The first kappa shape index (κ1) is 22.0. The van der Waals surface area contributed by atoms with Crippen molar-refractivity contribution < 1.29 is 23.2 Å². The summed E-state index contributed by atoms with van der Waals surface area (Å²) >= 11 is 5.79. The second-order valence-electron chi connectivity index (χ2n) is 8.11. The molecule has 0 atom stereocenters. The Balaban J connectivity index is 1.70. The fourth-order valence-electron chi connectivity index (χ4n) is 4.13. The molecule has 5 rings (SSSR count). The van der Waals surface area contributed by atoms with E-state index in [4.69, 9.17) is 16.3 Å². The zero-order valence-electron chi connectivity index (χ0n) is 18.2. The lowest BCUT2D eigenvalue weighted by molar-refractivity contribution is -0.116. The highest BCUT2D eigenvalue weighted by Gasteiger charge is 2.36. The Morgan fingerprint density at radius 2 is 1.94 bits per heavy atom. The number of fused-ring (bicyclic) bond motifs is 1. The van der Waals surface area contributed by atoms with E-state index in [1.165, 1.54) is 23.2 Å². The Labute approximate surface area is 198 Å². The van der Waals surface area contributed by atoms with Gasteiger partial charge in [0.25, 0.3) is 5.91 Å². The Morgan fingerprint density at radius 1 is 1.15 bits per heavy atom. The molecule has 0 unspecified atom stereocenters. The van der Waals surface area contributed by atoms with Crippen LogP contribution in [0.2, 0.25) is 5.02 Å². The normalized spacial score (nSPS) is 15.1. The van der Waals surface area contributed by atoms with Gasteiger partial charge in [-0.2, -0.15) is 4.79 Å². The van der Waals surface area contributed by atoms with Crippen LogP contribution in [0.5, 0.6) is 11.5 Å². The highest BCUT2D eigenvalue weighted by Crippen LogP contribution is 2.43. The van der Waals surface area contributed by atoms with Gasteiger partial charge in [-0.1, -0.05) is 16.1 Å². The molecule has 2 aliphatic rings. The van der Waals surface area contributed by atoms with Gasteiger partial charge in [-0.3, -0.25) is 4.79 Å². The number of imide groups is 1. The number of aromatic nitrogens is 1. The zero-order chi connectivity index (χ0) is 24.1. The topological polar surface area (TPSA) is 66.8 Å². The van der Waals surface area contributed by atoms with Gasteiger partial charge in [-0.15, -0.1) is 0 Å². The lowest BCUT2D eigenvalue weighted by Gasteiger charge is -2.21. The number of rotatable bonds is 4. The quantitative estimate of drug-likeness (QED) is 0.513. The predicted octanol–water partition coefficient (Wildman–Crippen LogP) is 5.25. The number of hydrogen-bond donors (Lipinski definition) is 1. The first-order chi connectivity index (χ1) is 16.2. The first-order valence-electron chi connectivity index (χ1n) is 10.4. The van der Waals surface area contributed by atoms with Crippen molar-refractivity contribution in [2.75, 3.05) is 18.5 Å². The predicted molar refractivity (Wildman–Crippen MR) is 124 cm³/mol. The molecule has 1 N–H and O–H groups in total. The molecule has 1 fully saturated rings. The molecule has 0 spiro atoms. The third kappa shape index (κ3) is 3.58. The largest absolute Gasteiger partial charge is 0.457 e. The van der Waals surface area contributed by atoms with Crippen molar-refractivity contribution in [1.82, 2.24) is 15.0 Å². The summed E-state index contributed by atoms with van der Waals surface area (Å²) < 4.78 is 34.7. The molecule has 0 saturated carbocycles. The Bertz CT molecular complexity index is 1390. The molecule has 3 amide bonds. The minimum absolute atomic E-state index is 0.0411. The maximum atomic E-state index is 14.7. The summed E-state index contributed by atoms with van der Waals surface area (Å²) in [5.74, 6) is -0.527. The molecular formula is C24H19ClF2N4O3. The monoisotopic (exact) mass is 484 g/mol. The number of carbonyl (C=O) groups excluding carboxylic acids is 2. The number of aryl methyl sites for hydroxylation is 1. The van der Waals surface area contributed by atoms with Gasteiger partial charge in [-0.25, -0.2) is 14.1 Å². The van der Waals surface area contributed by atoms with Crippen molar-refractivity contribution in [2.24, 2.45) is 0 Å². The van der Waals surface area contributed by atoms with Gasteiger partial charge in [0, 0.05) is 36.0 Å². The number of amides is 3. The molecule has 3 heterocycles. The van der Waals surface area contributed by atoms with Crippen LogP contribution >= 0.6 is 11.6 Å². The number of nitrogens with zero attached hydrogens (tertiary/aromatic N) is 3. The molecule has 1 aromatic heterocycles. The number of ether oxygens (including phenoxy) is 1. The molecule has 10 heteroatoms. The summed E-state index contributed by atoms with van der Waals surface area (Å²) in [5, 5.41) is 2.92. The molecule has 174 valence electrons. The second kappa shape index (κ2) is 8.18. The van der Waals surface area contributed by atoms with E-state index in [1.54, 1.807) is 38.4 Å². The minimum atomic E-state index is -0.647. The first-order valence-corrected chi connectivity index (χ1v) is 10.8. The average Bonchev–Trinajstić information content (AvgIpc) is 3.26. The number of likely N-dealkylation sites (N-methyl/N-ethyl adjacent to an activating group) is 1. The van der Waals surface area contributed by atoms with Crippen molar-refractivity contribution in [3.63, 3.8) is 0 Å². The SMILES string of the molecule is Cc1cc(Oc2ccc(Cl)c(F)c2)c(-c2cn(F)c3c2C=CNC3)cc1N1C(=O)CN(C)C1=O. The zero-order valence-corrected chi connectivity index (χ0v) is 19.0. The number of anilines is 1. The number of hydrogen-bond acceptors (Lipinski definition) is 4. The molecule has 1 saturated heterocycles. The average molecular weight is 485 g/mol. The van der Waals surface area contributed by atoms with Crippen LogP contribution in [0, 0.1) is 12.7 Å². The van der Waals surface area contributed by atoms with E-state index >= 15 is 0 Å². The van der Waals surface area contributed by atoms with E-state index < -0.39 is 11.8 Å². The summed E-state index contributed by atoms with van der Waals surface area (Å²) in [4.78, 5) is 28.2. The van der Waals surface area contributed by atoms with Gasteiger partial charge in [-0.05, 0) is 49.0 Å². The maximum Gasteiger partial charge on any atom is 0.331 e. The standard InChI is InChI=1S/C24H19ClF2N4O3/c1-13-7-22(34-14-3-4-18(25)19(26)8-14)16(9-20(13)31-23(32)12-29(2)24(31)33)17-11-30(27)21-10-28-6-5-15(17)21/h3-9,11,28H,10,12H2,1-2H3.